The summed E-state index contributed by atoms with van der Waals surface area (Å²) < 4.78 is 5.97. The van der Waals surface area contributed by atoms with E-state index in [1.54, 1.807) is 0 Å². The Morgan fingerprint density at radius 3 is 2.55 bits per heavy atom. The van der Waals surface area contributed by atoms with Gasteiger partial charge in [-0.3, -0.25) is 4.79 Å². The lowest BCUT2D eigenvalue weighted by Gasteiger charge is -2.60. The Labute approximate surface area is 123 Å². The summed E-state index contributed by atoms with van der Waals surface area (Å²) in [6.07, 6.45) is 8.64. The molecule has 2 aliphatic rings. The molecule has 4 heteroatoms. The van der Waals surface area contributed by atoms with Gasteiger partial charge in [0.25, 0.3) is 0 Å². The molecule has 116 valence electrons. The van der Waals surface area contributed by atoms with Gasteiger partial charge in [0.2, 0.25) is 5.91 Å². The number of hydrogen-bond donors (Lipinski definition) is 1. The quantitative estimate of drug-likeness (QED) is 0.813. The van der Waals surface area contributed by atoms with Crippen LogP contribution >= 0.6 is 0 Å². The number of nitrogens with two attached hydrogens (primary N) is 1. The molecule has 0 aliphatic heterocycles. The topological polar surface area (TPSA) is 55.6 Å². The van der Waals surface area contributed by atoms with E-state index >= 15 is 0 Å². The van der Waals surface area contributed by atoms with Gasteiger partial charge in [-0.05, 0) is 32.6 Å². The predicted octanol–water partition coefficient (Wildman–Crippen LogP) is 2.31. The normalized spacial score (nSPS) is 28.1. The largest absolute Gasteiger partial charge is 0.378 e. The van der Waals surface area contributed by atoms with E-state index in [-0.39, 0.29) is 17.9 Å². The van der Waals surface area contributed by atoms with Crippen molar-refractivity contribution in [2.75, 3.05) is 19.7 Å². The standard InChI is InChI=1S/C16H30N2O2/c1-3-10-18(15(19)12-17)13-11-14(20-4-2)16(13)8-6-5-7-9-16/h13-14H,3-12,17H2,1-2H3. The van der Waals surface area contributed by atoms with Crippen LogP contribution in [0.3, 0.4) is 0 Å². The molecular weight excluding hydrogens is 252 g/mol. The zero-order chi connectivity index (χ0) is 14.6. The van der Waals surface area contributed by atoms with Crippen LogP contribution in [0.2, 0.25) is 0 Å². The number of rotatable bonds is 6. The van der Waals surface area contributed by atoms with Gasteiger partial charge >= 0.3 is 0 Å². The first-order valence-electron chi connectivity index (χ1n) is 8.30. The van der Waals surface area contributed by atoms with Crippen LogP contribution in [0.1, 0.15) is 58.8 Å². The summed E-state index contributed by atoms with van der Waals surface area (Å²) >= 11 is 0. The van der Waals surface area contributed by atoms with Gasteiger partial charge in [0.15, 0.2) is 0 Å². The Morgan fingerprint density at radius 2 is 2.00 bits per heavy atom. The summed E-state index contributed by atoms with van der Waals surface area (Å²) in [7, 11) is 0. The molecule has 20 heavy (non-hydrogen) atoms. The molecule has 1 amide bonds. The van der Waals surface area contributed by atoms with Crippen molar-refractivity contribution in [3.63, 3.8) is 0 Å². The molecule has 2 fully saturated rings. The van der Waals surface area contributed by atoms with Crippen molar-refractivity contribution in [2.45, 2.75) is 70.9 Å². The van der Waals surface area contributed by atoms with Crippen molar-refractivity contribution in [3.05, 3.63) is 0 Å². The maximum absolute atomic E-state index is 12.2. The van der Waals surface area contributed by atoms with Gasteiger partial charge in [0, 0.05) is 24.6 Å². The smallest absolute Gasteiger partial charge is 0.236 e. The Kier molecular flexibility index (Phi) is 5.44. The molecule has 2 rings (SSSR count). The average Bonchev–Trinajstić information content (AvgIpc) is 2.49. The van der Waals surface area contributed by atoms with Gasteiger partial charge in [-0.2, -0.15) is 0 Å². The van der Waals surface area contributed by atoms with Crippen LogP contribution < -0.4 is 5.73 Å². The zero-order valence-corrected chi connectivity index (χ0v) is 13.1. The molecule has 0 aromatic carbocycles. The van der Waals surface area contributed by atoms with Gasteiger partial charge in [-0.15, -0.1) is 0 Å². The van der Waals surface area contributed by atoms with Crippen LogP contribution in [-0.2, 0) is 9.53 Å². The summed E-state index contributed by atoms with van der Waals surface area (Å²) in [4.78, 5) is 14.2. The summed E-state index contributed by atoms with van der Waals surface area (Å²) in [5.74, 6) is 0.108. The molecule has 2 atom stereocenters. The minimum Gasteiger partial charge on any atom is -0.378 e. The summed E-state index contributed by atoms with van der Waals surface area (Å²) in [5.41, 5.74) is 5.83. The van der Waals surface area contributed by atoms with E-state index in [0.717, 1.165) is 26.0 Å². The average molecular weight is 282 g/mol. The highest BCUT2D eigenvalue weighted by molar-refractivity contribution is 5.78. The Balaban J connectivity index is 2.14. The van der Waals surface area contributed by atoms with Crippen molar-refractivity contribution in [1.29, 1.82) is 0 Å². The lowest BCUT2D eigenvalue weighted by Crippen LogP contribution is -2.67. The number of amides is 1. The van der Waals surface area contributed by atoms with E-state index in [2.05, 4.69) is 18.7 Å². The minimum atomic E-state index is 0.108. The van der Waals surface area contributed by atoms with Crippen LogP contribution in [0.15, 0.2) is 0 Å². The van der Waals surface area contributed by atoms with Gasteiger partial charge in [-0.1, -0.05) is 26.2 Å². The summed E-state index contributed by atoms with van der Waals surface area (Å²) in [5, 5.41) is 0. The van der Waals surface area contributed by atoms with E-state index in [0.29, 0.717) is 12.1 Å². The highest BCUT2D eigenvalue weighted by atomic mass is 16.5. The van der Waals surface area contributed by atoms with Crippen LogP contribution in [0.4, 0.5) is 0 Å². The number of carbonyl (C=O) groups is 1. The molecule has 0 aromatic heterocycles. The van der Waals surface area contributed by atoms with E-state index < -0.39 is 0 Å². The van der Waals surface area contributed by atoms with Crippen molar-refractivity contribution in [1.82, 2.24) is 4.90 Å². The molecule has 2 aliphatic carbocycles. The van der Waals surface area contributed by atoms with Crippen LogP contribution in [0.25, 0.3) is 0 Å². The second-order valence-electron chi connectivity index (χ2n) is 6.28. The van der Waals surface area contributed by atoms with Gasteiger partial charge in [0.05, 0.1) is 12.6 Å². The Bertz CT molecular complexity index is 326. The summed E-state index contributed by atoms with van der Waals surface area (Å²) in [6.45, 7) is 5.94. The second kappa shape index (κ2) is 6.90. The van der Waals surface area contributed by atoms with Crippen molar-refractivity contribution >= 4 is 5.91 Å². The molecule has 0 aromatic rings. The van der Waals surface area contributed by atoms with Crippen molar-refractivity contribution < 1.29 is 9.53 Å². The van der Waals surface area contributed by atoms with E-state index in [4.69, 9.17) is 10.5 Å². The molecule has 2 N–H and O–H groups in total. The van der Waals surface area contributed by atoms with Gasteiger partial charge in [0.1, 0.15) is 0 Å². The van der Waals surface area contributed by atoms with Crippen LogP contribution in [0.5, 0.6) is 0 Å². The highest BCUT2D eigenvalue weighted by Gasteiger charge is 2.58. The maximum Gasteiger partial charge on any atom is 0.236 e. The third-order valence-corrected chi connectivity index (χ3v) is 5.23. The molecule has 0 bridgehead atoms. The lowest BCUT2D eigenvalue weighted by molar-refractivity contribution is -0.188. The van der Waals surface area contributed by atoms with E-state index in [1.807, 2.05) is 0 Å². The maximum atomic E-state index is 12.2. The number of nitrogens with zero attached hydrogens (tertiary/aromatic N) is 1. The first-order valence-corrected chi connectivity index (χ1v) is 8.30. The van der Waals surface area contributed by atoms with Crippen molar-refractivity contribution in [3.8, 4) is 0 Å². The molecule has 0 saturated heterocycles. The number of hydrogen-bond acceptors (Lipinski definition) is 3. The fraction of sp³-hybridized carbons (Fsp3) is 0.938. The molecule has 4 nitrogen and oxygen atoms in total. The lowest BCUT2D eigenvalue weighted by atomic mass is 9.54. The molecule has 1 spiro atoms. The molecule has 2 unspecified atom stereocenters. The zero-order valence-electron chi connectivity index (χ0n) is 13.1. The Hall–Kier alpha value is -0.610. The number of ether oxygens (including phenoxy) is 1. The molecule has 0 radical (unpaired) electrons. The third-order valence-electron chi connectivity index (χ3n) is 5.23. The Morgan fingerprint density at radius 1 is 1.30 bits per heavy atom. The second-order valence-corrected chi connectivity index (χ2v) is 6.28. The van der Waals surface area contributed by atoms with Gasteiger partial charge in [-0.25, -0.2) is 0 Å². The predicted molar refractivity (Wildman–Crippen MR) is 80.4 cm³/mol. The SMILES string of the molecule is CCCN(C(=O)CN)C1CC(OCC)C12CCCCC2. The first-order chi connectivity index (χ1) is 9.69. The number of carbonyl (C=O) groups excluding carboxylic acids is 1. The highest BCUT2D eigenvalue weighted by Crippen LogP contribution is 2.55. The minimum absolute atomic E-state index is 0.108. The van der Waals surface area contributed by atoms with Gasteiger partial charge < -0.3 is 15.4 Å². The van der Waals surface area contributed by atoms with E-state index in [1.165, 1.54) is 32.1 Å². The van der Waals surface area contributed by atoms with Crippen molar-refractivity contribution in [2.24, 2.45) is 11.1 Å². The third kappa shape index (κ3) is 2.73. The first kappa shape index (κ1) is 15.8. The van der Waals surface area contributed by atoms with E-state index in [9.17, 15) is 4.79 Å². The van der Waals surface area contributed by atoms with Crippen LogP contribution in [0, 0.1) is 5.41 Å². The molecule has 2 saturated carbocycles. The van der Waals surface area contributed by atoms with Crippen LogP contribution in [-0.4, -0.2) is 42.6 Å². The fourth-order valence-electron chi connectivity index (χ4n) is 4.28. The molecule has 0 heterocycles. The molecular formula is C16H30N2O2. The monoisotopic (exact) mass is 282 g/mol. The summed E-state index contributed by atoms with van der Waals surface area (Å²) in [6, 6.07) is 0.357. The fourth-order valence-corrected chi connectivity index (χ4v) is 4.28.